The van der Waals surface area contributed by atoms with Crippen LogP contribution in [0.3, 0.4) is 0 Å². The predicted molar refractivity (Wildman–Crippen MR) is 98.3 cm³/mol. The maximum atomic E-state index is 5.92. The normalized spacial score (nSPS) is 14.5. The lowest BCUT2D eigenvalue weighted by atomic mass is 10.1. The molecule has 0 unspecified atom stereocenters. The zero-order valence-corrected chi connectivity index (χ0v) is 14.6. The molecule has 1 aliphatic rings. The van der Waals surface area contributed by atoms with Crippen LogP contribution in [0.15, 0.2) is 48.5 Å². The molecule has 2 nitrogen and oxygen atoms in total. The second-order valence-corrected chi connectivity index (χ2v) is 6.28. The first-order chi connectivity index (χ1) is 10.8. The average Bonchev–Trinajstić information content (AvgIpc) is 3.06. The molecule has 0 bridgehead atoms. The number of aryl methyl sites for hydroxylation is 1. The van der Waals surface area contributed by atoms with Crippen molar-refractivity contribution in [2.24, 2.45) is 0 Å². The minimum absolute atomic E-state index is 0. The Balaban J connectivity index is 0.00000192. The summed E-state index contributed by atoms with van der Waals surface area (Å²) < 4.78 is 5.92. The monoisotopic (exact) mass is 331 g/mol. The first-order valence-electron chi connectivity index (χ1n) is 8.30. The molecule has 0 saturated heterocycles. The van der Waals surface area contributed by atoms with Gasteiger partial charge in [-0.05, 0) is 43.0 Å². The molecule has 0 spiro atoms. The van der Waals surface area contributed by atoms with Gasteiger partial charge in [-0.25, -0.2) is 0 Å². The molecule has 0 amide bonds. The van der Waals surface area contributed by atoms with Crippen molar-refractivity contribution in [2.45, 2.75) is 51.8 Å². The maximum absolute atomic E-state index is 5.92. The first kappa shape index (κ1) is 17.8. The fourth-order valence-electron chi connectivity index (χ4n) is 2.99. The third kappa shape index (κ3) is 5.56. The van der Waals surface area contributed by atoms with Crippen LogP contribution < -0.4 is 10.1 Å². The molecular formula is C20H26ClNO. The van der Waals surface area contributed by atoms with E-state index < -0.39 is 0 Å². The van der Waals surface area contributed by atoms with Crippen LogP contribution >= 0.6 is 12.4 Å². The van der Waals surface area contributed by atoms with Gasteiger partial charge in [0.05, 0.1) is 0 Å². The lowest BCUT2D eigenvalue weighted by Gasteiger charge is -2.13. The van der Waals surface area contributed by atoms with Gasteiger partial charge in [0.15, 0.2) is 0 Å². The van der Waals surface area contributed by atoms with Crippen LogP contribution in [0, 0.1) is 6.92 Å². The summed E-state index contributed by atoms with van der Waals surface area (Å²) in [5.74, 6) is 0.950. The molecule has 124 valence electrons. The van der Waals surface area contributed by atoms with Crippen molar-refractivity contribution < 1.29 is 4.74 Å². The second-order valence-electron chi connectivity index (χ2n) is 6.28. The minimum Gasteiger partial charge on any atom is -0.489 e. The van der Waals surface area contributed by atoms with Gasteiger partial charge in [-0.2, -0.15) is 0 Å². The average molecular weight is 332 g/mol. The molecule has 3 rings (SSSR count). The van der Waals surface area contributed by atoms with Gasteiger partial charge in [-0.15, -0.1) is 12.4 Å². The van der Waals surface area contributed by atoms with Gasteiger partial charge in [0, 0.05) is 12.6 Å². The van der Waals surface area contributed by atoms with Gasteiger partial charge in [-0.3, -0.25) is 0 Å². The van der Waals surface area contributed by atoms with Crippen LogP contribution in [-0.2, 0) is 13.2 Å². The molecule has 23 heavy (non-hydrogen) atoms. The Labute approximate surface area is 145 Å². The molecule has 0 radical (unpaired) electrons. The highest BCUT2D eigenvalue weighted by molar-refractivity contribution is 5.85. The van der Waals surface area contributed by atoms with Crippen molar-refractivity contribution in [3.05, 3.63) is 65.2 Å². The molecular weight excluding hydrogens is 306 g/mol. The molecule has 2 aromatic rings. The Kier molecular flexibility index (Phi) is 6.94. The number of benzene rings is 2. The Morgan fingerprint density at radius 3 is 2.48 bits per heavy atom. The second kappa shape index (κ2) is 8.95. The van der Waals surface area contributed by atoms with E-state index in [0.717, 1.165) is 12.3 Å². The first-order valence-corrected chi connectivity index (χ1v) is 8.30. The topological polar surface area (TPSA) is 21.3 Å². The Morgan fingerprint density at radius 2 is 1.74 bits per heavy atom. The van der Waals surface area contributed by atoms with Crippen LogP contribution in [0.1, 0.15) is 42.4 Å². The summed E-state index contributed by atoms with van der Waals surface area (Å²) in [6, 6.07) is 17.6. The molecule has 3 heteroatoms. The van der Waals surface area contributed by atoms with E-state index >= 15 is 0 Å². The van der Waals surface area contributed by atoms with Crippen LogP contribution in [-0.4, -0.2) is 6.04 Å². The number of halogens is 1. The van der Waals surface area contributed by atoms with Gasteiger partial charge in [0.2, 0.25) is 0 Å². The van der Waals surface area contributed by atoms with Crippen molar-refractivity contribution in [3.63, 3.8) is 0 Å². The number of hydrogen-bond acceptors (Lipinski definition) is 2. The molecule has 0 aromatic heterocycles. The zero-order valence-electron chi connectivity index (χ0n) is 13.8. The largest absolute Gasteiger partial charge is 0.489 e. The van der Waals surface area contributed by atoms with E-state index in [0.29, 0.717) is 12.6 Å². The van der Waals surface area contributed by atoms with E-state index in [1.54, 1.807) is 0 Å². The highest BCUT2D eigenvalue weighted by Crippen LogP contribution is 2.19. The maximum Gasteiger partial charge on any atom is 0.120 e. The molecule has 2 aromatic carbocycles. The van der Waals surface area contributed by atoms with E-state index in [-0.39, 0.29) is 12.4 Å². The quantitative estimate of drug-likeness (QED) is 0.801. The molecule has 1 aliphatic carbocycles. The minimum atomic E-state index is 0. The summed E-state index contributed by atoms with van der Waals surface area (Å²) in [5, 5.41) is 3.65. The predicted octanol–water partition coefficient (Wildman–Crippen LogP) is 5.03. The SMILES string of the molecule is Cc1ccc(COc2cccc(CNC3CCCC3)c2)cc1.Cl. The third-order valence-electron chi connectivity index (χ3n) is 4.37. The van der Waals surface area contributed by atoms with Gasteiger partial charge in [0.1, 0.15) is 12.4 Å². The van der Waals surface area contributed by atoms with E-state index in [2.05, 4.69) is 54.7 Å². The van der Waals surface area contributed by atoms with Gasteiger partial charge >= 0.3 is 0 Å². The molecule has 0 atom stereocenters. The van der Waals surface area contributed by atoms with Crippen molar-refractivity contribution in [2.75, 3.05) is 0 Å². The number of nitrogens with one attached hydrogen (secondary N) is 1. The Bertz CT molecular complexity index is 591. The third-order valence-corrected chi connectivity index (χ3v) is 4.37. The van der Waals surface area contributed by atoms with E-state index in [4.69, 9.17) is 4.74 Å². The summed E-state index contributed by atoms with van der Waals surface area (Å²) in [7, 11) is 0. The molecule has 0 heterocycles. The van der Waals surface area contributed by atoms with Crippen molar-refractivity contribution in [1.29, 1.82) is 0 Å². The number of rotatable bonds is 6. The van der Waals surface area contributed by atoms with Crippen LogP contribution in [0.4, 0.5) is 0 Å². The van der Waals surface area contributed by atoms with Gasteiger partial charge < -0.3 is 10.1 Å². The summed E-state index contributed by atoms with van der Waals surface area (Å²) in [6.07, 6.45) is 5.39. The van der Waals surface area contributed by atoms with E-state index in [9.17, 15) is 0 Å². The van der Waals surface area contributed by atoms with Crippen molar-refractivity contribution in [1.82, 2.24) is 5.32 Å². The van der Waals surface area contributed by atoms with Crippen LogP contribution in [0.2, 0.25) is 0 Å². The lowest BCUT2D eigenvalue weighted by Crippen LogP contribution is -2.25. The highest BCUT2D eigenvalue weighted by atomic mass is 35.5. The van der Waals surface area contributed by atoms with Gasteiger partial charge in [-0.1, -0.05) is 54.8 Å². The molecule has 1 saturated carbocycles. The number of hydrogen-bond donors (Lipinski definition) is 1. The fraction of sp³-hybridized carbons (Fsp3) is 0.400. The van der Waals surface area contributed by atoms with E-state index in [1.165, 1.54) is 42.4 Å². The summed E-state index contributed by atoms with van der Waals surface area (Å²) in [5.41, 5.74) is 3.79. The molecule has 1 fully saturated rings. The number of ether oxygens (including phenoxy) is 1. The van der Waals surface area contributed by atoms with E-state index in [1.807, 2.05) is 6.07 Å². The molecule has 1 N–H and O–H groups in total. The Hall–Kier alpha value is -1.51. The lowest BCUT2D eigenvalue weighted by molar-refractivity contribution is 0.306. The van der Waals surface area contributed by atoms with Crippen molar-refractivity contribution >= 4 is 12.4 Å². The van der Waals surface area contributed by atoms with Crippen LogP contribution in [0.25, 0.3) is 0 Å². The summed E-state index contributed by atoms with van der Waals surface area (Å²) in [4.78, 5) is 0. The fourth-order valence-corrected chi connectivity index (χ4v) is 2.99. The zero-order chi connectivity index (χ0) is 15.2. The molecule has 0 aliphatic heterocycles. The van der Waals surface area contributed by atoms with Gasteiger partial charge in [0.25, 0.3) is 0 Å². The smallest absolute Gasteiger partial charge is 0.120 e. The summed E-state index contributed by atoms with van der Waals surface area (Å²) in [6.45, 7) is 3.66. The van der Waals surface area contributed by atoms with Crippen molar-refractivity contribution in [3.8, 4) is 5.75 Å². The highest BCUT2D eigenvalue weighted by Gasteiger charge is 2.13. The summed E-state index contributed by atoms with van der Waals surface area (Å²) >= 11 is 0. The standard InChI is InChI=1S/C20H25NO.ClH/c1-16-9-11-17(12-10-16)15-22-20-8-4-5-18(13-20)14-21-19-6-2-3-7-19;/h4-5,8-13,19,21H,2-3,6-7,14-15H2,1H3;1H. The van der Waals surface area contributed by atoms with Crippen LogP contribution in [0.5, 0.6) is 5.75 Å². The Morgan fingerprint density at radius 1 is 1.00 bits per heavy atom.